The smallest absolute Gasteiger partial charge is 0.162 e. The Balaban J connectivity index is 2.71. The number of aliphatic hydroxyl groups is 1. The molecule has 0 spiro atoms. The molecule has 1 atom stereocenters. The molecular formula is C10H13F2NO. The van der Waals surface area contributed by atoms with Crippen molar-refractivity contribution in [2.45, 2.75) is 18.9 Å². The van der Waals surface area contributed by atoms with Gasteiger partial charge in [0.25, 0.3) is 0 Å². The van der Waals surface area contributed by atoms with Gasteiger partial charge in [-0.05, 0) is 24.6 Å². The van der Waals surface area contributed by atoms with E-state index in [9.17, 15) is 13.9 Å². The maximum absolute atomic E-state index is 13.1. The lowest BCUT2D eigenvalue weighted by Gasteiger charge is -2.09. The number of rotatable bonds is 4. The summed E-state index contributed by atoms with van der Waals surface area (Å²) < 4.78 is 25.8. The molecule has 0 aliphatic rings. The first-order chi connectivity index (χ1) is 6.65. The molecule has 1 rings (SSSR count). The fourth-order valence-corrected chi connectivity index (χ4v) is 1.25. The van der Waals surface area contributed by atoms with Gasteiger partial charge in [-0.1, -0.05) is 12.1 Å². The molecule has 0 amide bonds. The SMILES string of the molecule is NCCC(O)Cc1cccc(F)c1F. The molecule has 0 aromatic heterocycles. The Bertz CT molecular complexity index is 304. The fourth-order valence-electron chi connectivity index (χ4n) is 1.25. The van der Waals surface area contributed by atoms with Crippen LogP contribution in [-0.4, -0.2) is 17.8 Å². The average Bonchev–Trinajstić information content (AvgIpc) is 2.13. The van der Waals surface area contributed by atoms with Gasteiger partial charge in [-0.15, -0.1) is 0 Å². The van der Waals surface area contributed by atoms with Crippen molar-refractivity contribution in [2.24, 2.45) is 5.73 Å². The summed E-state index contributed by atoms with van der Waals surface area (Å²) >= 11 is 0. The summed E-state index contributed by atoms with van der Waals surface area (Å²) in [5.41, 5.74) is 5.41. The summed E-state index contributed by atoms with van der Waals surface area (Å²) in [7, 11) is 0. The Hall–Kier alpha value is -1.00. The largest absolute Gasteiger partial charge is 0.393 e. The zero-order chi connectivity index (χ0) is 10.6. The molecule has 0 saturated heterocycles. The molecule has 1 unspecified atom stereocenters. The molecule has 0 saturated carbocycles. The second-order valence-electron chi connectivity index (χ2n) is 3.15. The summed E-state index contributed by atoms with van der Waals surface area (Å²) in [6.07, 6.45) is -0.229. The van der Waals surface area contributed by atoms with Gasteiger partial charge in [-0.25, -0.2) is 8.78 Å². The zero-order valence-corrected chi connectivity index (χ0v) is 7.71. The normalized spacial score (nSPS) is 12.9. The Kier molecular flexibility index (Phi) is 3.98. The van der Waals surface area contributed by atoms with Crippen LogP contribution in [0.3, 0.4) is 0 Å². The minimum Gasteiger partial charge on any atom is -0.393 e. The van der Waals surface area contributed by atoms with Crippen LogP contribution in [0.2, 0.25) is 0 Å². The van der Waals surface area contributed by atoms with Crippen LogP contribution in [0, 0.1) is 11.6 Å². The number of nitrogens with two attached hydrogens (primary N) is 1. The van der Waals surface area contributed by atoms with Crippen LogP contribution in [-0.2, 0) is 6.42 Å². The van der Waals surface area contributed by atoms with Gasteiger partial charge in [0.05, 0.1) is 6.10 Å². The molecule has 78 valence electrons. The van der Waals surface area contributed by atoms with E-state index in [1.54, 1.807) is 0 Å². The first-order valence-corrected chi connectivity index (χ1v) is 4.46. The molecular weight excluding hydrogens is 188 g/mol. The molecule has 0 aliphatic heterocycles. The fraction of sp³-hybridized carbons (Fsp3) is 0.400. The topological polar surface area (TPSA) is 46.2 Å². The van der Waals surface area contributed by atoms with E-state index in [-0.39, 0.29) is 12.0 Å². The van der Waals surface area contributed by atoms with Crippen molar-refractivity contribution in [1.82, 2.24) is 0 Å². The molecule has 0 bridgehead atoms. The van der Waals surface area contributed by atoms with Crippen molar-refractivity contribution in [2.75, 3.05) is 6.54 Å². The molecule has 14 heavy (non-hydrogen) atoms. The first-order valence-electron chi connectivity index (χ1n) is 4.46. The third kappa shape index (κ3) is 2.75. The van der Waals surface area contributed by atoms with E-state index < -0.39 is 17.7 Å². The van der Waals surface area contributed by atoms with Gasteiger partial charge in [-0.2, -0.15) is 0 Å². The predicted octanol–water partition coefficient (Wildman–Crippen LogP) is 1.22. The summed E-state index contributed by atoms with van der Waals surface area (Å²) in [6.45, 7) is 0.331. The lowest BCUT2D eigenvalue weighted by atomic mass is 10.1. The summed E-state index contributed by atoms with van der Waals surface area (Å²) in [4.78, 5) is 0. The van der Waals surface area contributed by atoms with E-state index >= 15 is 0 Å². The molecule has 4 heteroatoms. The molecule has 2 nitrogen and oxygen atoms in total. The first kappa shape index (κ1) is 11.1. The Labute approximate surface area is 81.4 Å². The summed E-state index contributed by atoms with van der Waals surface area (Å²) in [5.74, 6) is -1.77. The molecule has 1 aromatic carbocycles. The minimum absolute atomic E-state index is 0.0980. The van der Waals surface area contributed by atoms with Gasteiger partial charge in [0, 0.05) is 6.42 Å². The van der Waals surface area contributed by atoms with Gasteiger partial charge in [0.1, 0.15) is 0 Å². The highest BCUT2D eigenvalue weighted by molar-refractivity contribution is 5.19. The third-order valence-electron chi connectivity index (χ3n) is 1.99. The van der Waals surface area contributed by atoms with Crippen molar-refractivity contribution in [1.29, 1.82) is 0 Å². The predicted molar refractivity (Wildman–Crippen MR) is 49.7 cm³/mol. The lowest BCUT2D eigenvalue weighted by Crippen LogP contribution is -2.16. The number of aliphatic hydroxyl groups excluding tert-OH is 1. The van der Waals surface area contributed by atoms with Crippen LogP contribution in [0.1, 0.15) is 12.0 Å². The van der Waals surface area contributed by atoms with E-state index in [4.69, 9.17) is 5.73 Å². The molecule has 0 heterocycles. The molecule has 1 aromatic rings. The van der Waals surface area contributed by atoms with E-state index in [1.807, 2.05) is 0 Å². The molecule has 0 fully saturated rings. The highest BCUT2D eigenvalue weighted by atomic mass is 19.2. The van der Waals surface area contributed by atoms with Crippen LogP contribution in [0.5, 0.6) is 0 Å². The van der Waals surface area contributed by atoms with Crippen molar-refractivity contribution in [3.63, 3.8) is 0 Å². The van der Waals surface area contributed by atoms with E-state index in [1.165, 1.54) is 12.1 Å². The third-order valence-corrected chi connectivity index (χ3v) is 1.99. The minimum atomic E-state index is -0.887. The number of hydrogen-bond acceptors (Lipinski definition) is 2. The number of benzene rings is 1. The van der Waals surface area contributed by atoms with Crippen LogP contribution in [0.4, 0.5) is 8.78 Å². The highest BCUT2D eigenvalue weighted by Crippen LogP contribution is 2.13. The van der Waals surface area contributed by atoms with Gasteiger partial charge in [0.2, 0.25) is 0 Å². The van der Waals surface area contributed by atoms with Crippen LogP contribution < -0.4 is 5.73 Å². The zero-order valence-electron chi connectivity index (χ0n) is 7.71. The number of hydrogen-bond donors (Lipinski definition) is 2. The van der Waals surface area contributed by atoms with Crippen molar-refractivity contribution in [3.05, 3.63) is 35.4 Å². The van der Waals surface area contributed by atoms with Crippen LogP contribution >= 0.6 is 0 Å². The highest BCUT2D eigenvalue weighted by Gasteiger charge is 2.11. The van der Waals surface area contributed by atoms with Gasteiger partial charge < -0.3 is 10.8 Å². The van der Waals surface area contributed by atoms with Gasteiger partial charge in [-0.3, -0.25) is 0 Å². The van der Waals surface area contributed by atoms with Crippen molar-refractivity contribution < 1.29 is 13.9 Å². The second-order valence-corrected chi connectivity index (χ2v) is 3.15. The quantitative estimate of drug-likeness (QED) is 0.769. The maximum Gasteiger partial charge on any atom is 0.162 e. The Morgan fingerprint density at radius 3 is 2.71 bits per heavy atom. The van der Waals surface area contributed by atoms with E-state index in [2.05, 4.69) is 0 Å². The second kappa shape index (κ2) is 5.02. The van der Waals surface area contributed by atoms with E-state index in [0.29, 0.717) is 13.0 Å². The molecule has 0 radical (unpaired) electrons. The Morgan fingerprint density at radius 2 is 2.07 bits per heavy atom. The standard InChI is InChI=1S/C10H13F2NO/c11-9-3-1-2-7(10(9)12)6-8(14)4-5-13/h1-3,8,14H,4-6,13H2. The van der Waals surface area contributed by atoms with Crippen LogP contribution in [0.15, 0.2) is 18.2 Å². The van der Waals surface area contributed by atoms with Gasteiger partial charge >= 0.3 is 0 Å². The lowest BCUT2D eigenvalue weighted by molar-refractivity contribution is 0.166. The van der Waals surface area contributed by atoms with E-state index in [0.717, 1.165) is 6.07 Å². The summed E-state index contributed by atoms with van der Waals surface area (Å²) in [5, 5.41) is 9.35. The number of halogens is 2. The molecule has 0 aliphatic carbocycles. The van der Waals surface area contributed by atoms with Crippen molar-refractivity contribution >= 4 is 0 Å². The van der Waals surface area contributed by atoms with Crippen molar-refractivity contribution in [3.8, 4) is 0 Å². The average molecular weight is 201 g/mol. The van der Waals surface area contributed by atoms with Crippen LogP contribution in [0.25, 0.3) is 0 Å². The summed E-state index contributed by atoms with van der Waals surface area (Å²) in [6, 6.07) is 3.93. The monoisotopic (exact) mass is 201 g/mol. The maximum atomic E-state index is 13.1. The van der Waals surface area contributed by atoms with Gasteiger partial charge in [0.15, 0.2) is 11.6 Å². The Morgan fingerprint density at radius 1 is 1.36 bits per heavy atom. The molecule has 3 N–H and O–H groups in total.